The topological polar surface area (TPSA) is 101 Å². The Labute approximate surface area is 115 Å². The fourth-order valence-electron chi connectivity index (χ4n) is 1.81. The van der Waals surface area contributed by atoms with Crippen molar-refractivity contribution in [2.24, 2.45) is 0 Å². The summed E-state index contributed by atoms with van der Waals surface area (Å²) in [6.45, 7) is 0.486. The van der Waals surface area contributed by atoms with Gasteiger partial charge in [0.1, 0.15) is 0 Å². The summed E-state index contributed by atoms with van der Waals surface area (Å²) in [6.07, 6.45) is 0. The Kier molecular flexibility index (Phi) is 3.69. The normalized spacial score (nSPS) is 16.9. The number of Topliss-reactive ketones (excluding diaryl/α,β-unsaturated/α-hetero) is 1. The molecule has 1 N–H and O–H groups in total. The predicted octanol–water partition coefficient (Wildman–Crippen LogP) is -0.464. The molecule has 1 aliphatic rings. The number of amides is 2. The van der Waals surface area contributed by atoms with Gasteiger partial charge in [0.05, 0.1) is 18.0 Å². The molecule has 0 aliphatic carbocycles. The molecule has 0 radical (unpaired) electrons. The number of hydrogen-bond acceptors (Lipinski definition) is 5. The van der Waals surface area contributed by atoms with E-state index in [1.807, 2.05) is 5.32 Å². The molecule has 1 aromatic rings. The number of nitrogens with one attached hydrogen (secondary N) is 1. The van der Waals surface area contributed by atoms with Gasteiger partial charge in [-0.3, -0.25) is 19.7 Å². The van der Waals surface area contributed by atoms with E-state index >= 15 is 0 Å². The van der Waals surface area contributed by atoms with E-state index in [4.69, 9.17) is 0 Å². The third kappa shape index (κ3) is 2.75. The van der Waals surface area contributed by atoms with Crippen molar-refractivity contribution in [3.05, 3.63) is 29.8 Å². The van der Waals surface area contributed by atoms with Crippen LogP contribution in [-0.4, -0.2) is 43.4 Å². The average Bonchev–Trinajstić information content (AvgIpc) is 2.37. The Hall–Kier alpha value is -2.06. The molecule has 7 nitrogen and oxygen atoms in total. The lowest BCUT2D eigenvalue weighted by Crippen LogP contribution is -2.53. The summed E-state index contributed by atoms with van der Waals surface area (Å²) in [6, 6.07) is 5.48. The minimum Gasteiger partial charge on any atom is -0.295 e. The lowest BCUT2D eigenvalue weighted by Gasteiger charge is -2.24. The third-order valence-corrected chi connectivity index (χ3v) is 4.58. The number of imide groups is 1. The first-order valence-corrected chi connectivity index (χ1v) is 7.18. The molecule has 2 amide bonds. The Morgan fingerprint density at radius 2 is 1.80 bits per heavy atom. The van der Waals surface area contributed by atoms with E-state index < -0.39 is 34.9 Å². The average molecular weight is 296 g/mol. The maximum Gasteiger partial charge on any atom is 0.244 e. The van der Waals surface area contributed by atoms with Crippen LogP contribution in [0.3, 0.4) is 0 Å². The number of rotatable bonds is 3. The van der Waals surface area contributed by atoms with Crippen LogP contribution in [0.25, 0.3) is 0 Å². The number of carbonyl (C=O) groups excluding carboxylic acids is 3. The van der Waals surface area contributed by atoms with E-state index in [-0.39, 0.29) is 16.2 Å². The van der Waals surface area contributed by atoms with Gasteiger partial charge in [0.2, 0.25) is 21.8 Å². The summed E-state index contributed by atoms with van der Waals surface area (Å²) >= 11 is 0. The monoisotopic (exact) mass is 296 g/mol. The number of piperazine rings is 1. The van der Waals surface area contributed by atoms with Crippen molar-refractivity contribution >= 4 is 27.6 Å². The van der Waals surface area contributed by atoms with E-state index in [2.05, 4.69) is 0 Å². The number of sulfonamides is 1. The molecule has 8 heteroatoms. The molecule has 1 aromatic carbocycles. The van der Waals surface area contributed by atoms with Gasteiger partial charge in [0, 0.05) is 5.56 Å². The third-order valence-electron chi connectivity index (χ3n) is 2.80. The molecule has 1 fully saturated rings. The van der Waals surface area contributed by atoms with Gasteiger partial charge in [-0.2, -0.15) is 4.31 Å². The van der Waals surface area contributed by atoms with Crippen molar-refractivity contribution < 1.29 is 22.8 Å². The lowest BCUT2D eigenvalue weighted by molar-refractivity contribution is -0.134. The molecule has 20 heavy (non-hydrogen) atoms. The summed E-state index contributed by atoms with van der Waals surface area (Å²) in [7, 11) is -3.98. The minimum atomic E-state index is -3.98. The van der Waals surface area contributed by atoms with E-state index in [1.165, 1.54) is 31.2 Å². The lowest BCUT2D eigenvalue weighted by atomic mass is 10.2. The molecule has 1 heterocycles. The fourth-order valence-corrected chi connectivity index (χ4v) is 3.20. The molecule has 0 bridgehead atoms. The molecule has 2 rings (SSSR count). The van der Waals surface area contributed by atoms with Crippen molar-refractivity contribution in [3.8, 4) is 0 Å². The second-order valence-corrected chi connectivity index (χ2v) is 6.27. The molecular formula is C12H12N2O5S. The van der Waals surface area contributed by atoms with Crippen molar-refractivity contribution in [2.75, 3.05) is 13.1 Å². The van der Waals surface area contributed by atoms with Crippen LogP contribution in [0.2, 0.25) is 0 Å². The summed E-state index contributed by atoms with van der Waals surface area (Å²) in [5.41, 5.74) is 0.249. The largest absolute Gasteiger partial charge is 0.295 e. The van der Waals surface area contributed by atoms with Crippen LogP contribution in [0.4, 0.5) is 0 Å². The zero-order valence-electron chi connectivity index (χ0n) is 10.6. The number of hydrogen-bond donors (Lipinski definition) is 1. The van der Waals surface area contributed by atoms with Crippen LogP contribution >= 0.6 is 0 Å². The molecule has 0 aromatic heterocycles. The summed E-state index contributed by atoms with van der Waals surface area (Å²) in [4.78, 5) is 33.7. The highest BCUT2D eigenvalue weighted by atomic mass is 32.2. The second kappa shape index (κ2) is 5.14. The molecule has 0 atom stereocenters. The zero-order chi connectivity index (χ0) is 14.9. The van der Waals surface area contributed by atoms with Crippen molar-refractivity contribution in [1.29, 1.82) is 0 Å². The van der Waals surface area contributed by atoms with Crippen molar-refractivity contribution in [1.82, 2.24) is 9.62 Å². The Morgan fingerprint density at radius 3 is 2.35 bits per heavy atom. The number of carbonyl (C=O) groups is 3. The van der Waals surface area contributed by atoms with Gasteiger partial charge in [-0.1, -0.05) is 12.1 Å². The maximum atomic E-state index is 12.3. The quantitative estimate of drug-likeness (QED) is 0.600. The Bertz CT molecular complexity index is 680. The van der Waals surface area contributed by atoms with Crippen LogP contribution in [-0.2, 0) is 19.6 Å². The molecule has 106 valence electrons. The van der Waals surface area contributed by atoms with Crippen LogP contribution < -0.4 is 5.32 Å². The van der Waals surface area contributed by atoms with Gasteiger partial charge in [-0.15, -0.1) is 0 Å². The van der Waals surface area contributed by atoms with Crippen LogP contribution in [0, 0.1) is 0 Å². The van der Waals surface area contributed by atoms with Crippen LogP contribution in [0.5, 0.6) is 0 Å². The first-order valence-electron chi connectivity index (χ1n) is 5.74. The van der Waals surface area contributed by atoms with Crippen LogP contribution in [0.1, 0.15) is 17.3 Å². The molecule has 1 saturated heterocycles. The SMILES string of the molecule is CC(=O)c1cccc(S(=O)(=O)N2CC(=O)NC(=O)C2)c1. The van der Waals surface area contributed by atoms with E-state index in [0.29, 0.717) is 0 Å². The molecule has 0 saturated carbocycles. The molecule has 0 unspecified atom stereocenters. The zero-order valence-corrected chi connectivity index (χ0v) is 11.4. The predicted molar refractivity (Wildman–Crippen MR) is 68.4 cm³/mol. The standard InChI is InChI=1S/C12H12N2O5S/c1-8(15)9-3-2-4-10(5-9)20(18,19)14-6-11(16)13-12(17)7-14/h2-5H,6-7H2,1H3,(H,13,16,17). The summed E-state index contributed by atoms with van der Waals surface area (Å²) in [5.74, 6) is -1.62. The highest BCUT2D eigenvalue weighted by Gasteiger charge is 2.33. The van der Waals surface area contributed by atoms with E-state index in [1.54, 1.807) is 0 Å². The number of ketones is 1. The van der Waals surface area contributed by atoms with Gasteiger partial charge < -0.3 is 0 Å². The van der Waals surface area contributed by atoms with Gasteiger partial charge in [0.15, 0.2) is 5.78 Å². The number of benzene rings is 1. The molecular weight excluding hydrogens is 284 g/mol. The van der Waals surface area contributed by atoms with Gasteiger partial charge >= 0.3 is 0 Å². The van der Waals surface area contributed by atoms with Crippen molar-refractivity contribution in [3.63, 3.8) is 0 Å². The van der Waals surface area contributed by atoms with E-state index in [0.717, 1.165) is 4.31 Å². The smallest absolute Gasteiger partial charge is 0.244 e. The van der Waals surface area contributed by atoms with Crippen LogP contribution in [0.15, 0.2) is 29.2 Å². The highest BCUT2D eigenvalue weighted by Crippen LogP contribution is 2.18. The maximum absolute atomic E-state index is 12.3. The fraction of sp³-hybridized carbons (Fsp3) is 0.250. The molecule has 1 aliphatic heterocycles. The second-order valence-electron chi connectivity index (χ2n) is 4.33. The Morgan fingerprint density at radius 1 is 1.20 bits per heavy atom. The first kappa shape index (κ1) is 14.4. The van der Waals surface area contributed by atoms with Gasteiger partial charge in [-0.05, 0) is 19.1 Å². The van der Waals surface area contributed by atoms with Gasteiger partial charge in [0.25, 0.3) is 0 Å². The summed E-state index contributed by atoms with van der Waals surface area (Å²) < 4.78 is 25.5. The highest BCUT2D eigenvalue weighted by molar-refractivity contribution is 7.89. The number of nitrogens with zero attached hydrogens (tertiary/aromatic N) is 1. The van der Waals surface area contributed by atoms with E-state index in [9.17, 15) is 22.8 Å². The molecule has 0 spiro atoms. The summed E-state index contributed by atoms with van der Waals surface area (Å²) in [5, 5.41) is 2.02. The first-order chi connectivity index (χ1) is 9.30. The Balaban J connectivity index is 2.39. The van der Waals surface area contributed by atoms with Crippen molar-refractivity contribution in [2.45, 2.75) is 11.8 Å². The van der Waals surface area contributed by atoms with Gasteiger partial charge in [-0.25, -0.2) is 8.42 Å². The minimum absolute atomic E-state index is 0.118.